The van der Waals surface area contributed by atoms with Gasteiger partial charge < -0.3 is 15.9 Å². The molecule has 0 saturated carbocycles. The monoisotopic (exact) mass is 473 g/mol. The Morgan fingerprint density at radius 3 is 2.24 bits per heavy atom. The van der Waals surface area contributed by atoms with Crippen molar-refractivity contribution in [2.45, 2.75) is 18.3 Å². The molecular weight excluding hydrogens is 465 g/mol. The highest BCUT2D eigenvalue weighted by atomic mass is 127. The van der Waals surface area contributed by atoms with Crippen LogP contribution in [0.4, 0.5) is 13.2 Å². The van der Waals surface area contributed by atoms with Crippen molar-refractivity contribution >= 4 is 45.2 Å². The van der Waals surface area contributed by atoms with E-state index in [0.29, 0.717) is 7.14 Å². The number of rotatable bonds is 2. The van der Waals surface area contributed by atoms with Crippen molar-refractivity contribution in [3.63, 3.8) is 0 Å². The smallest absolute Gasteiger partial charge is 0.416 e. The maximum atomic E-state index is 12.3. The number of aliphatic hydroxyl groups is 1. The summed E-state index contributed by atoms with van der Waals surface area (Å²) in [5, 5.41) is 18.7. The minimum Gasteiger partial charge on any atom is -0.506 e. The van der Waals surface area contributed by atoms with E-state index in [1.165, 1.54) is 6.07 Å². The van der Waals surface area contributed by atoms with Gasteiger partial charge in [-0.05, 0) is 57.3 Å². The van der Waals surface area contributed by atoms with Crippen molar-refractivity contribution in [2.75, 3.05) is 0 Å². The molecule has 0 heterocycles. The van der Waals surface area contributed by atoms with Crippen LogP contribution in [0.2, 0.25) is 0 Å². The Bertz CT molecular complexity index is 425. The zero-order valence-electron chi connectivity index (χ0n) is 8.17. The molecule has 0 aromatic heterocycles. The predicted molar refractivity (Wildman–Crippen MR) is 72.5 cm³/mol. The Labute approximate surface area is 122 Å². The average molecular weight is 473 g/mol. The Hall–Kier alpha value is 0.190. The highest BCUT2D eigenvalue weighted by Crippen LogP contribution is 2.35. The van der Waals surface area contributed by atoms with Crippen LogP contribution in [0.3, 0.4) is 0 Å². The van der Waals surface area contributed by atoms with Crippen LogP contribution in [0, 0.1) is 7.14 Å². The summed E-state index contributed by atoms with van der Waals surface area (Å²) in [6.07, 6.45) is -7.53. The lowest BCUT2D eigenvalue weighted by molar-refractivity contribution is -0.210. The van der Waals surface area contributed by atoms with Gasteiger partial charge in [-0.1, -0.05) is 0 Å². The molecule has 8 heteroatoms. The van der Waals surface area contributed by atoms with Gasteiger partial charge in [-0.25, -0.2) is 0 Å². The topological polar surface area (TPSA) is 66.5 Å². The van der Waals surface area contributed by atoms with E-state index in [9.17, 15) is 18.3 Å². The lowest BCUT2D eigenvalue weighted by atomic mass is 10.0. The molecule has 0 radical (unpaired) electrons. The molecule has 1 aromatic rings. The molecule has 0 unspecified atom stereocenters. The van der Waals surface area contributed by atoms with Crippen molar-refractivity contribution in [1.82, 2.24) is 0 Å². The van der Waals surface area contributed by atoms with Crippen LogP contribution in [0.5, 0.6) is 5.75 Å². The van der Waals surface area contributed by atoms with Gasteiger partial charge in [0.2, 0.25) is 0 Å². The fourth-order valence-electron chi connectivity index (χ4n) is 1.21. The number of hydrogen-bond donors (Lipinski definition) is 3. The zero-order valence-corrected chi connectivity index (χ0v) is 12.5. The molecule has 1 aromatic carbocycles. The van der Waals surface area contributed by atoms with E-state index in [4.69, 9.17) is 10.8 Å². The molecular formula is C9H8F3I2NO2. The summed E-state index contributed by atoms with van der Waals surface area (Å²) < 4.78 is 37.9. The van der Waals surface area contributed by atoms with Gasteiger partial charge in [-0.15, -0.1) is 0 Å². The van der Waals surface area contributed by atoms with Crippen LogP contribution in [0.25, 0.3) is 0 Å². The van der Waals surface area contributed by atoms with E-state index < -0.39 is 18.3 Å². The van der Waals surface area contributed by atoms with Gasteiger partial charge in [-0.3, -0.25) is 0 Å². The Morgan fingerprint density at radius 1 is 1.24 bits per heavy atom. The molecule has 0 aliphatic carbocycles. The van der Waals surface area contributed by atoms with Crippen LogP contribution in [-0.4, -0.2) is 22.5 Å². The molecule has 0 aliphatic heterocycles. The highest BCUT2D eigenvalue weighted by Gasteiger charge is 2.43. The van der Waals surface area contributed by atoms with Crippen LogP contribution in [0.15, 0.2) is 12.1 Å². The van der Waals surface area contributed by atoms with Crippen molar-refractivity contribution in [2.24, 2.45) is 5.73 Å². The second-order valence-electron chi connectivity index (χ2n) is 3.34. The molecule has 2 atom stereocenters. The summed E-state index contributed by atoms with van der Waals surface area (Å²) in [5.41, 5.74) is 5.21. The number of phenols is 1. The molecule has 0 fully saturated rings. The number of halogens is 5. The van der Waals surface area contributed by atoms with Crippen molar-refractivity contribution in [3.05, 3.63) is 24.8 Å². The maximum Gasteiger partial charge on any atom is 0.416 e. The number of phenolic OH excluding ortho intramolecular Hbond substituents is 1. The van der Waals surface area contributed by atoms with E-state index in [0.717, 1.165) is 0 Å². The maximum absolute atomic E-state index is 12.3. The third-order valence-corrected chi connectivity index (χ3v) is 3.54. The van der Waals surface area contributed by atoms with Crippen LogP contribution in [0.1, 0.15) is 11.6 Å². The van der Waals surface area contributed by atoms with Gasteiger partial charge in [0, 0.05) is 9.13 Å². The standard InChI is InChI=1S/C9H8F3I2NO2/c10-9(11,12)8(17)6(15)4-1-3(13)2-5(14)7(4)16/h1-2,6,8,16-17H,15H2/t6-,8-/m1/s1. The molecule has 4 N–H and O–H groups in total. The minimum atomic E-state index is -4.82. The molecule has 0 bridgehead atoms. The van der Waals surface area contributed by atoms with Gasteiger partial charge in [0.1, 0.15) is 5.75 Å². The first-order valence-electron chi connectivity index (χ1n) is 4.33. The lowest BCUT2D eigenvalue weighted by Crippen LogP contribution is -2.38. The van der Waals surface area contributed by atoms with Crippen molar-refractivity contribution in [3.8, 4) is 5.75 Å². The van der Waals surface area contributed by atoms with E-state index in [2.05, 4.69) is 0 Å². The van der Waals surface area contributed by atoms with Crippen LogP contribution < -0.4 is 5.73 Å². The fraction of sp³-hybridized carbons (Fsp3) is 0.333. The van der Waals surface area contributed by atoms with Crippen molar-refractivity contribution < 1.29 is 23.4 Å². The Kier molecular flexibility index (Phi) is 4.88. The third-order valence-electron chi connectivity index (χ3n) is 2.09. The number of benzene rings is 1. The molecule has 0 saturated heterocycles. The number of aliphatic hydroxyl groups excluding tert-OH is 1. The van der Waals surface area contributed by atoms with E-state index >= 15 is 0 Å². The first-order valence-corrected chi connectivity index (χ1v) is 6.48. The van der Waals surface area contributed by atoms with E-state index in [-0.39, 0.29) is 11.3 Å². The molecule has 0 spiro atoms. The molecule has 3 nitrogen and oxygen atoms in total. The summed E-state index contributed by atoms with van der Waals surface area (Å²) in [6.45, 7) is 0. The highest BCUT2D eigenvalue weighted by molar-refractivity contribution is 14.1. The van der Waals surface area contributed by atoms with Crippen LogP contribution >= 0.6 is 45.2 Å². The van der Waals surface area contributed by atoms with Gasteiger partial charge in [0.25, 0.3) is 0 Å². The van der Waals surface area contributed by atoms with Gasteiger partial charge >= 0.3 is 6.18 Å². The second kappa shape index (κ2) is 5.45. The van der Waals surface area contributed by atoms with Gasteiger partial charge in [0.05, 0.1) is 9.61 Å². The minimum absolute atomic E-state index is 0.119. The number of aromatic hydroxyl groups is 1. The third kappa shape index (κ3) is 3.58. The SMILES string of the molecule is N[C@H](c1cc(I)cc(I)c1O)[C@@H](O)C(F)(F)F. The van der Waals surface area contributed by atoms with E-state index in [1.54, 1.807) is 28.7 Å². The van der Waals surface area contributed by atoms with E-state index in [1.807, 2.05) is 22.6 Å². The summed E-state index contributed by atoms with van der Waals surface area (Å²) in [6, 6.07) is 1.20. The Morgan fingerprint density at radius 2 is 1.76 bits per heavy atom. The second-order valence-corrected chi connectivity index (χ2v) is 5.75. The first-order chi connectivity index (χ1) is 7.64. The largest absolute Gasteiger partial charge is 0.506 e. The summed E-state index contributed by atoms with van der Waals surface area (Å²) in [5.74, 6) is -0.332. The molecule has 96 valence electrons. The fourth-order valence-corrected chi connectivity index (χ4v) is 3.10. The number of alkyl halides is 3. The molecule has 0 aliphatic rings. The average Bonchev–Trinajstić information content (AvgIpc) is 2.20. The number of hydrogen-bond acceptors (Lipinski definition) is 3. The molecule has 17 heavy (non-hydrogen) atoms. The number of nitrogens with two attached hydrogens (primary N) is 1. The van der Waals surface area contributed by atoms with Crippen molar-refractivity contribution in [1.29, 1.82) is 0 Å². The Balaban J connectivity index is 3.17. The summed E-state index contributed by atoms with van der Waals surface area (Å²) in [7, 11) is 0. The van der Waals surface area contributed by atoms with Gasteiger partial charge in [-0.2, -0.15) is 13.2 Å². The lowest BCUT2D eigenvalue weighted by Gasteiger charge is -2.22. The predicted octanol–water partition coefficient (Wildman–Crippen LogP) is 2.52. The van der Waals surface area contributed by atoms with Gasteiger partial charge in [0.15, 0.2) is 6.10 Å². The van der Waals surface area contributed by atoms with Crippen LogP contribution in [-0.2, 0) is 0 Å². The quantitative estimate of drug-likeness (QED) is 0.579. The normalized spacial score (nSPS) is 15.7. The summed E-state index contributed by atoms with van der Waals surface area (Å²) in [4.78, 5) is 0. The molecule has 0 amide bonds. The first kappa shape index (κ1) is 15.2. The molecule has 1 rings (SSSR count). The zero-order chi connectivity index (χ0) is 13.4. The summed E-state index contributed by atoms with van der Waals surface area (Å²) >= 11 is 3.67.